The lowest BCUT2D eigenvalue weighted by atomic mass is 10.0. The standard InChI is InChI=1S/C26H47N/c1-2-3-4-5-6-7-8-9-10-11-12-13-14-15-16-20-24-27-25-23-26-21-18-17-19-22-26/h17-19,21-22,27H,2-16,20,23-25H2,1H3. The molecule has 1 nitrogen and oxygen atoms in total. The maximum absolute atomic E-state index is 3.58. The van der Waals surface area contributed by atoms with Crippen molar-refractivity contribution in [1.82, 2.24) is 5.32 Å². The van der Waals surface area contributed by atoms with Gasteiger partial charge in [-0.2, -0.15) is 0 Å². The van der Waals surface area contributed by atoms with E-state index in [4.69, 9.17) is 0 Å². The molecule has 156 valence electrons. The van der Waals surface area contributed by atoms with Crippen molar-refractivity contribution in [1.29, 1.82) is 0 Å². The zero-order valence-corrected chi connectivity index (χ0v) is 18.3. The maximum Gasteiger partial charge on any atom is -0.000835 e. The Labute approximate surface area is 170 Å². The summed E-state index contributed by atoms with van der Waals surface area (Å²) in [6, 6.07) is 10.8. The molecule has 0 unspecified atom stereocenters. The molecule has 1 N–H and O–H groups in total. The highest BCUT2D eigenvalue weighted by Crippen LogP contribution is 2.13. The van der Waals surface area contributed by atoms with Gasteiger partial charge < -0.3 is 5.32 Å². The lowest BCUT2D eigenvalue weighted by Crippen LogP contribution is -2.18. The van der Waals surface area contributed by atoms with Gasteiger partial charge in [-0.1, -0.05) is 134 Å². The first kappa shape index (κ1) is 24.2. The number of hydrogen-bond donors (Lipinski definition) is 1. The SMILES string of the molecule is CCCCCCCCCCCCCCCCCCNCCc1ccccc1. The van der Waals surface area contributed by atoms with E-state index in [0.29, 0.717) is 0 Å². The van der Waals surface area contributed by atoms with Gasteiger partial charge >= 0.3 is 0 Å². The van der Waals surface area contributed by atoms with Crippen LogP contribution in [0.4, 0.5) is 0 Å². The molecule has 0 bridgehead atoms. The van der Waals surface area contributed by atoms with Crippen LogP contribution in [0.25, 0.3) is 0 Å². The number of benzene rings is 1. The fourth-order valence-electron chi connectivity index (χ4n) is 3.80. The molecule has 0 aliphatic rings. The molecule has 0 amide bonds. The number of unbranched alkanes of at least 4 members (excludes halogenated alkanes) is 15. The van der Waals surface area contributed by atoms with Gasteiger partial charge in [0.15, 0.2) is 0 Å². The highest BCUT2D eigenvalue weighted by atomic mass is 14.8. The molecular formula is C26H47N. The molecule has 0 heterocycles. The van der Waals surface area contributed by atoms with Crippen molar-refractivity contribution in [3.63, 3.8) is 0 Å². The van der Waals surface area contributed by atoms with Crippen LogP contribution in [0.1, 0.15) is 115 Å². The van der Waals surface area contributed by atoms with Crippen molar-refractivity contribution in [2.45, 2.75) is 116 Å². The normalized spacial score (nSPS) is 11.1. The second kappa shape index (κ2) is 19.9. The molecule has 1 heteroatoms. The molecule has 0 fully saturated rings. The number of hydrogen-bond acceptors (Lipinski definition) is 1. The van der Waals surface area contributed by atoms with Crippen molar-refractivity contribution in [2.75, 3.05) is 13.1 Å². The van der Waals surface area contributed by atoms with Gasteiger partial charge in [0.05, 0.1) is 0 Å². The van der Waals surface area contributed by atoms with Crippen molar-refractivity contribution in [2.24, 2.45) is 0 Å². The van der Waals surface area contributed by atoms with E-state index in [1.807, 2.05) is 0 Å². The summed E-state index contributed by atoms with van der Waals surface area (Å²) >= 11 is 0. The van der Waals surface area contributed by atoms with E-state index >= 15 is 0 Å². The van der Waals surface area contributed by atoms with Crippen LogP contribution in [0.5, 0.6) is 0 Å². The monoisotopic (exact) mass is 373 g/mol. The molecule has 0 saturated heterocycles. The third kappa shape index (κ3) is 17.0. The topological polar surface area (TPSA) is 12.0 Å². The van der Waals surface area contributed by atoms with Gasteiger partial charge in [0, 0.05) is 0 Å². The molecule has 1 aromatic carbocycles. The van der Waals surface area contributed by atoms with Crippen LogP contribution < -0.4 is 5.32 Å². The van der Waals surface area contributed by atoms with Gasteiger partial charge in [-0.05, 0) is 31.5 Å². The van der Waals surface area contributed by atoms with Gasteiger partial charge in [0.1, 0.15) is 0 Å². The average molecular weight is 374 g/mol. The van der Waals surface area contributed by atoms with E-state index in [0.717, 1.165) is 13.0 Å². The summed E-state index contributed by atoms with van der Waals surface area (Å²) < 4.78 is 0. The van der Waals surface area contributed by atoms with E-state index in [1.54, 1.807) is 0 Å². The first-order chi connectivity index (χ1) is 13.4. The van der Waals surface area contributed by atoms with E-state index in [-0.39, 0.29) is 0 Å². The minimum atomic E-state index is 1.11. The molecule has 1 aromatic rings. The largest absolute Gasteiger partial charge is 0.316 e. The second-order valence-corrected chi connectivity index (χ2v) is 8.29. The van der Waals surface area contributed by atoms with E-state index in [9.17, 15) is 0 Å². The molecule has 0 aliphatic carbocycles. The Morgan fingerprint density at radius 2 is 0.963 bits per heavy atom. The minimum Gasteiger partial charge on any atom is -0.316 e. The summed E-state index contributed by atoms with van der Waals surface area (Å²) in [6.45, 7) is 4.60. The Morgan fingerprint density at radius 1 is 0.519 bits per heavy atom. The summed E-state index contributed by atoms with van der Waals surface area (Å²) in [7, 11) is 0. The van der Waals surface area contributed by atoms with Crippen LogP contribution in [0.15, 0.2) is 30.3 Å². The number of rotatable bonds is 20. The predicted molar refractivity (Wildman–Crippen MR) is 123 cm³/mol. The van der Waals surface area contributed by atoms with Gasteiger partial charge in [-0.3, -0.25) is 0 Å². The van der Waals surface area contributed by atoms with Gasteiger partial charge in [-0.25, -0.2) is 0 Å². The molecule has 0 aromatic heterocycles. The van der Waals surface area contributed by atoms with Crippen LogP contribution in [0, 0.1) is 0 Å². The fraction of sp³-hybridized carbons (Fsp3) is 0.769. The molecule has 1 rings (SSSR count). The Morgan fingerprint density at radius 3 is 1.44 bits per heavy atom. The molecule has 0 radical (unpaired) electrons. The van der Waals surface area contributed by atoms with E-state index < -0.39 is 0 Å². The fourth-order valence-corrected chi connectivity index (χ4v) is 3.80. The van der Waals surface area contributed by atoms with Gasteiger partial charge in [-0.15, -0.1) is 0 Å². The summed E-state index contributed by atoms with van der Waals surface area (Å²) in [5.41, 5.74) is 1.44. The van der Waals surface area contributed by atoms with Gasteiger partial charge in [0.25, 0.3) is 0 Å². The molecular weight excluding hydrogens is 326 g/mol. The van der Waals surface area contributed by atoms with Crippen molar-refractivity contribution in [3.8, 4) is 0 Å². The Hall–Kier alpha value is -0.820. The smallest absolute Gasteiger partial charge is 0.000835 e. The third-order valence-corrected chi connectivity index (χ3v) is 5.64. The Balaban J connectivity index is 1.67. The number of nitrogens with one attached hydrogen (secondary N) is 1. The summed E-state index contributed by atoms with van der Waals surface area (Å²) in [5.74, 6) is 0. The molecule has 0 saturated carbocycles. The highest BCUT2D eigenvalue weighted by molar-refractivity contribution is 5.14. The minimum absolute atomic E-state index is 1.11. The third-order valence-electron chi connectivity index (χ3n) is 5.64. The summed E-state index contributed by atoms with van der Waals surface area (Å²) in [5, 5.41) is 3.58. The predicted octanol–water partition coefficient (Wildman–Crippen LogP) is 8.08. The average Bonchev–Trinajstić information content (AvgIpc) is 2.70. The van der Waals surface area contributed by atoms with Crippen LogP contribution in [-0.4, -0.2) is 13.1 Å². The molecule has 0 spiro atoms. The molecule has 27 heavy (non-hydrogen) atoms. The second-order valence-electron chi connectivity index (χ2n) is 8.29. The summed E-state index contributed by atoms with van der Waals surface area (Å²) in [4.78, 5) is 0. The van der Waals surface area contributed by atoms with Crippen molar-refractivity contribution >= 4 is 0 Å². The zero-order valence-electron chi connectivity index (χ0n) is 18.3. The van der Waals surface area contributed by atoms with Crippen LogP contribution in [-0.2, 0) is 6.42 Å². The molecule has 0 atom stereocenters. The maximum atomic E-state index is 3.58. The van der Waals surface area contributed by atoms with Crippen LogP contribution in [0.3, 0.4) is 0 Å². The summed E-state index contributed by atoms with van der Waals surface area (Å²) in [6.07, 6.45) is 24.3. The van der Waals surface area contributed by atoms with E-state index in [1.165, 1.54) is 115 Å². The highest BCUT2D eigenvalue weighted by Gasteiger charge is 1.95. The van der Waals surface area contributed by atoms with Gasteiger partial charge in [0.2, 0.25) is 0 Å². The Kier molecular flexibility index (Phi) is 17.9. The lowest BCUT2D eigenvalue weighted by molar-refractivity contribution is 0.525. The van der Waals surface area contributed by atoms with Crippen LogP contribution in [0.2, 0.25) is 0 Å². The zero-order chi connectivity index (χ0) is 19.3. The molecule has 0 aliphatic heterocycles. The first-order valence-corrected chi connectivity index (χ1v) is 12.2. The lowest BCUT2D eigenvalue weighted by Gasteiger charge is -2.05. The van der Waals surface area contributed by atoms with Crippen molar-refractivity contribution in [3.05, 3.63) is 35.9 Å². The quantitative estimate of drug-likeness (QED) is 0.228. The van der Waals surface area contributed by atoms with Crippen molar-refractivity contribution < 1.29 is 0 Å². The Bertz CT molecular complexity index is 386. The first-order valence-electron chi connectivity index (χ1n) is 12.2. The van der Waals surface area contributed by atoms with Crippen LogP contribution >= 0.6 is 0 Å². The van der Waals surface area contributed by atoms with E-state index in [2.05, 4.69) is 42.6 Å².